The monoisotopic (exact) mass is 499 g/mol. The fourth-order valence-electron chi connectivity index (χ4n) is 4.33. The number of nitrogens with zero attached hydrogens (tertiary/aromatic N) is 4. The SMILES string of the molecule is Cc1ccc(Oc2ccc(Nc3ncnc4cccc(O[C@@H](C)C(=O)N5CCC(O)C5)c34)cc2C)cn1. The number of anilines is 2. The molecule has 9 heteroatoms. The predicted octanol–water partition coefficient (Wildman–Crippen LogP) is 4.54. The Morgan fingerprint density at radius 3 is 2.70 bits per heavy atom. The van der Waals surface area contributed by atoms with Gasteiger partial charge in [0.05, 0.1) is 23.2 Å². The van der Waals surface area contributed by atoms with E-state index in [2.05, 4.69) is 20.3 Å². The van der Waals surface area contributed by atoms with Gasteiger partial charge in [-0.25, -0.2) is 9.97 Å². The Morgan fingerprint density at radius 1 is 1.11 bits per heavy atom. The molecular weight excluding hydrogens is 470 g/mol. The van der Waals surface area contributed by atoms with Crippen LogP contribution in [0.1, 0.15) is 24.6 Å². The Hall–Kier alpha value is -4.24. The lowest BCUT2D eigenvalue weighted by atomic mass is 10.1. The molecule has 1 fully saturated rings. The number of amides is 1. The molecule has 1 aliphatic heterocycles. The summed E-state index contributed by atoms with van der Waals surface area (Å²) in [4.78, 5) is 27.6. The second kappa shape index (κ2) is 10.4. The Labute approximate surface area is 215 Å². The van der Waals surface area contributed by atoms with Crippen LogP contribution >= 0.6 is 0 Å². The van der Waals surface area contributed by atoms with Gasteiger partial charge in [0.25, 0.3) is 5.91 Å². The van der Waals surface area contributed by atoms with Gasteiger partial charge in [-0.1, -0.05) is 6.07 Å². The zero-order valence-electron chi connectivity index (χ0n) is 21.0. The normalized spacial score (nSPS) is 16.0. The van der Waals surface area contributed by atoms with Crippen LogP contribution in [0.15, 0.2) is 61.1 Å². The highest BCUT2D eigenvalue weighted by Crippen LogP contribution is 2.34. The van der Waals surface area contributed by atoms with Gasteiger partial charge in [0.2, 0.25) is 0 Å². The van der Waals surface area contributed by atoms with Crippen molar-refractivity contribution in [3.05, 3.63) is 72.3 Å². The molecule has 2 aromatic heterocycles. The zero-order valence-corrected chi connectivity index (χ0v) is 21.0. The first kappa shape index (κ1) is 24.5. The van der Waals surface area contributed by atoms with Gasteiger partial charge in [0, 0.05) is 24.5 Å². The van der Waals surface area contributed by atoms with Gasteiger partial charge in [0.1, 0.15) is 29.4 Å². The molecular formula is C28H29N5O4. The molecule has 1 saturated heterocycles. The number of carbonyl (C=O) groups excluding carboxylic acids is 1. The maximum atomic E-state index is 12.9. The maximum Gasteiger partial charge on any atom is 0.263 e. The van der Waals surface area contributed by atoms with Crippen molar-refractivity contribution in [2.45, 2.75) is 39.4 Å². The van der Waals surface area contributed by atoms with E-state index in [1.54, 1.807) is 24.1 Å². The number of aliphatic hydroxyl groups excluding tert-OH is 1. The minimum absolute atomic E-state index is 0.157. The van der Waals surface area contributed by atoms with Crippen LogP contribution < -0.4 is 14.8 Å². The van der Waals surface area contributed by atoms with Crippen molar-refractivity contribution in [1.82, 2.24) is 19.9 Å². The lowest BCUT2D eigenvalue weighted by molar-refractivity contribution is -0.137. The summed E-state index contributed by atoms with van der Waals surface area (Å²) < 4.78 is 12.1. The average Bonchev–Trinajstić information content (AvgIpc) is 3.33. The van der Waals surface area contributed by atoms with Gasteiger partial charge >= 0.3 is 0 Å². The zero-order chi connectivity index (χ0) is 25.9. The van der Waals surface area contributed by atoms with Crippen LogP contribution in [0.25, 0.3) is 10.9 Å². The number of aryl methyl sites for hydroxylation is 2. The quantitative estimate of drug-likeness (QED) is 0.382. The van der Waals surface area contributed by atoms with Crippen LogP contribution in [0.2, 0.25) is 0 Å². The van der Waals surface area contributed by atoms with E-state index in [-0.39, 0.29) is 5.91 Å². The number of rotatable bonds is 7. The highest BCUT2D eigenvalue weighted by molar-refractivity contribution is 5.96. The van der Waals surface area contributed by atoms with Gasteiger partial charge in [-0.3, -0.25) is 9.78 Å². The third-order valence-electron chi connectivity index (χ3n) is 6.30. The van der Waals surface area contributed by atoms with Gasteiger partial charge < -0.3 is 24.8 Å². The number of aliphatic hydroxyl groups is 1. The van der Waals surface area contributed by atoms with Gasteiger partial charge in [-0.2, -0.15) is 0 Å². The standard InChI is InChI=1S/C28H29N5O4/c1-17-13-20(8-10-24(17)37-22-9-7-18(2)29-14-22)32-27-26-23(30-16-31-27)5-4-6-25(26)36-19(3)28(35)33-12-11-21(34)15-33/h4-10,13-14,16,19,21,34H,11-12,15H2,1-3H3,(H,30,31,32)/t19-,21?/m0/s1. The van der Waals surface area contributed by atoms with Gasteiger partial charge in [-0.15, -0.1) is 0 Å². The fourth-order valence-corrected chi connectivity index (χ4v) is 4.33. The molecule has 0 bridgehead atoms. The first-order valence-corrected chi connectivity index (χ1v) is 12.2. The molecule has 3 heterocycles. The van der Waals surface area contributed by atoms with E-state index < -0.39 is 12.2 Å². The summed E-state index contributed by atoms with van der Waals surface area (Å²) in [6.45, 7) is 6.47. The highest BCUT2D eigenvalue weighted by Gasteiger charge is 2.29. The maximum absolute atomic E-state index is 12.9. The number of likely N-dealkylation sites (tertiary alicyclic amines) is 1. The summed E-state index contributed by atoms with van der Waals surface area (Å²) >= 11 is 0. The number of benzene rings is 2. The fraction of sp³-hybridized carbons (Fsp3) is 0.286. The Balaban J connectivity index is 1.37. The highest BCUT2D eigenvalue weighted by atomic mass is 16.5. The average molecular weight is 500 g/mol. The van der Waals surface area contributed by atoms with Crippen molar-refractivity contribution in [3.63, 3.8) is 0 Å². The molecule has 37 heavy (non-hydrogen) atoms. The lowest BCUT2D eigenvalue weighted by Gasteiger charge is -2.22. The molecule has 0 radical (unpaired) electrons. The van der Waals surface area contributed by atoms with Crippen LogP contribution in [-0.4, -0.2) is 56.2 Å². The largest absolute Gasteiger partial charge is 0.480 e. The molecule has 1 amide bonds. The van der Waals surface area contributed by atoms with E-state index >= 15 is 0 Å². The summed E-state index contributed by atoms with van der Waals surface area (Å²) in [5.74, 6) is 2.31. The van der Waals surface area contributed by atoms with Crippen LogP contribution in [0.4, 0.5) is 11.5 Å². The van der Waals surface area contributed by atoms with Gasteiger partial charge in [-0.05, 0) is 75.2 Å². The van der Waals surface area contributed by atoms with Crippen LogP contribution in [0.5, 0.6) is 17.2 Å². The van der Waals surface area contributed by atoms with E-state index in [0.717, 1.165) is 22.7 Å². The smallest absolute Gasteiger partial charge is 0.263 e. The van der Waals surface area contributed by atoms with E-state index in [4.69, 9.17) is 9.47 Å². The molecule has 2 aromatic carbocycles. The molecule has 1 unspecified atom stereocenters. The second-order valence-electron chi connectivity index (χ2n) is 9.20. The topological polar surface area (TPSA) is 110 Å². The number of fused-ring (bicyclic) bond motifs is 1. The summed E-state index contributed by atoms with van der Waals surface area (Å²) in [6, 6.07) is 15.1. The van der Waals surface area contributed by atoms with Crippen molar-refractivity contribution >= 4 is 28.3 Å². The van der Waals surface area contributed by atoms with E-state index in [0.29, 0.717) is 47.7 Å². The molecule has 5 rings (SSSR count). The van der Waals surface area contributed by atoms with E-state index in [9.17, 15) is 9.90 Å². The Bertz CT molecular complexity index is 1420. The number of hydrogen-bond acceptors (Lipinski definition) is 8. The number of nitrogens with one attached hydrogen (secondary N) is 1. The Morgan fingerprint density at radius 2 is 1.97 bits per heavy atom. The van der Waals surface area contributed by atoms with Crippen molar-refractivity contribution in [2.24, 2.45) is 0 Å². The first-order chi connectivity index (χ1) is 17.9. The van der Waals surface area contributed by atoms with Crippen molar-refractivity contribution in [2.75, 3.05) is 18.4 Å². The number of carbonyl (C=O) groups is 1. The van der Waals surface area contributed by atoms with Gasteiger partial charge in [0.15, 0.2) is 6.10 Å². The second-order valence-corrected chi connectivity index (χ2v) is 9.20. The minimum Gasteiger partial charge on any atom is -0.480 e. The number of aromatic nitrogens is 3. The van der Waals surface area contributed by atoms with Crippen LogP contribution in [-0.2, 0) is 4.79 Å². The predicted molar refractivity (Wildman–Crippen MR) is 140 cm³/mol. The molecule has 190 valence electrons. The summed E-state index contributed by atoms with van der Waals surface area (Å²) in [5, 5.41) is 13.8. The van der Waals surface area contributed by atoms with Crippen molar-refractivity contribution < 1.29 is 19.4 Å². The van der Waals surface area contributed by atoms with Crippen LogP contribution in [0.3, 0.4) is 0 Å². The Kier molecular flexibility index (Phi) is 6.87. The van der Waals surface area contributed by atoms with Crippen molar-refractivity contribution in [1.29, 1.82) is 0 Å². The minimum atomic E-state index is -0.723. The summed E-state index contributed by atoms with van der Waals surface area (Å²) in [7, 11) is 0. The molecule has 0 spiro atoms. The summed E-state index contributed by atoms with van der Waals surface area (Å²) in [6.07, 6.45) is 2.57. The van der Waals surface area contributed by atoms with Crippen molar-refractivity contribution in [3.8, 4) is 17.2 Å². The number of hydrogen-bond donors (Lipinski definition) is 2. The molecule has 1 aliphatic rings. The first-order valence-electron chi connectivity index (χ1n) is 12.2. The van der Waals surface area contributed by atoms with E-state index in [1.165, 1.54) is 6.33 Å². The summed E-state index contributed by atoms with van der Waals surface area (Å²) in [5.41, 5.74) is 3.37. The number of ether oxygens (including phenoxy) is 2. The third kappa shape index (κ3) is 5.46. The number of β-amino-alcohol motifs (C(OH)–C–C–N with tert-alkyl or cyclic N) is 1. The van der Waals surface area contributed by atoms with Crippen LogP contribution in [0, 0.1) is 13.8 Å². The molecule has 4 aromatic rings. The molecule has 0 aliphatic carbocycles. The molecule has 2 N–H and O–H groups in total. The third-order valence-corrected chi connectivity index (χ3v) is 6.30. The molecule has 0 saturated carbocycles. The van der Waals surface area contributed by atoms with E-state index in [1.807, 2.05) is 56.3 Å². The lowest BCUT2D eigenvalue weighted by Crippen LogP contribution is -2.39. The molecule has 9 nitrogen and oxygen atoms in total. The number of pyridine rings is 1. The molecule has 2 atom stereocenters.